The highest BCUT2D eigenvalue weighted by atomic mass is 79.9. The summed E-state index contributed by atoms with van der Waals surface area (Å²) in [5, 5.41) is 6.92. The van der Waals surface area contributed by atoms with Gasteiger partial charge in [-0.3, -0.25) is 9.48 Å². The lowest BCUT2D eigenvalue weighted by atomic mass is 10.2. The lowest BCUT2D eigenvalue weighted by Crippen LogP contribution is -2.24. The molecule has 0 aliphatic carbocycles. The summed E-state index contributed by atoms with van der Waals surface area (Å²) in [6.07, 6.45) is 3.29. The van der Waals surface area contributed by atoms with E-state index in [4.69, 9.17) is 5.73 Å². The minimum atomic E-state index is -0.255. The first-order chi connectivity index (χ1) is 8.99. The van der Waals surface area contributed by atoms with Gasteiger partial charge < -0.3 is 11.1 Å². The van der Waals surface area contributed by atoms with E-state index in [0.717, 1.165) is 11.3 Å². The molecule has 2 aromatic heterocycles. The molecule has 0 aliphatic heterocycles. The summed E-state index contributed by atoms with van der Waals surface area (Å²) in [6, 6.07) is 1.65. The van der Waals surface area contributed by atoms with E-state index in [0.29, 0.717) is 16.6 Å². The van der Waals surface area contributed by atoms with Crippen LogP contribution in [0, 0.1) is 6.92 Å². The van der Waals surface area contributed by atoms with Crippen molar-refractivity contribution in [3.05, 3.63) is 39.8 Å². The molecule has 6 nitrogen and oxygen atoms in total. The number of nitrogens with one attached hydrogen (secondary N) is 1. The van der Waals surface area contributed by atoms with E-state index in [2.05, 4.69) is 31.3 Å². The Kier molecular flexibility index (Phi) is 3.84. The summed E-state index contributed by atoms with van der Waals surface area (Å²) in [5.41, 5.74) is 8.03. The molecule has 19 heavy (non-hydrogen) atoms. The van der Waals surface area contributed by atoms with Crippen LogP contribution in [0.5, 0.6) is 0 Å². The van der Waals surface area contributed by atoms with Crippen molar-refractivity contribution in [3.8, 4) is 0 Å². The normalized spacial score (nSPS) is 10.5. The maximum atomic E-state index is 12.0. The number of anilines is 1. The minimum absolute atomic E-state index is 0.212. The molecule has 3 N–H and O–H groups in total. The smallest absolute Gasteiger partial charge is 0.255 e. The van der Waals surface area contributed by atoms with Gasteiger partial charge in [0.2, 0.25) is 0 Å². The summed E-state index contributed by atoms with van der Waals surface area (Å²) < 4.78 is 2.47. The van der Waals surface area contributed by atoms with Crippen LogP contribution in [0.15, 0.2) is 22.9 Å². The van der Waals surface area contributed by atoms with Gasteiger partial charge in [0.1, 0.15) is 5.82 Å². The Morgan fingerprint density at radius 3 is 2.89 bits per heavy atom. The number of pyridine rings is 1. The predicted molar refractivity (Wildman–Crippen MR) is 75.5 cm³/mol. The van der Waals surface area contributed by atoms with E-state index in [1.54, 1.807) is 23.1 Å². The van der Waals surface area contributed by atoms with E-state index in [-0.39, 0.29) is 11.7 Å². The Hall–Kier alpha value is -1.89. The van der Waals surface area contributed by atoms with Crippen LogP contribution in [0.2, 0.25) is 0 Å². The SMILES string of the molecule is Cc1c(CNC(=O)c2cc(Br)cnc2N)cnn1C. The number of nitrogen functional groups attached to an aromatic ring is 1. The van der Waals surface area contributed by atoms with E-state index < -0.39 is 0 Å². The third-order valence-corrected chi connectivity index (χ3v) is 3.34. The number of halogens is 1. The molecule has 2 rings (SSSR count). The second-order valence-corrected chi connectivity index (χ2v) is 5.06. The average molecular weight is 324 g/mol. The summed E-state index contributed by atoms with van der Waals surface area (Å²) >= 11 is 3.26. The lowest BCUT2D eigenvalue weighted by molar-refractivity contribution is 0.0951. The fraction of sp³-hybridized carbons (Fsp3) is 0.250. The number of nitrogens with two attached hydrogens (primary N) is 1. The maximum Gasteiger partial charge on any atom is 0.255 e. The zero-order valence-electron chi connectivity index (χ0n) is 10.6. The summed E-state index contributed by atoms with van der Waals surface area (Å²) in [6.45, 7) is 2.36. The molecule has 2 heterocycles. The summed E-state index contributed by atoms with van der Waals surface area (Å²) in [5.74, 6) is -0.0434. The van der Waals surface area contributed by atoms with Crippen LogP contribution in [0.1, 0.15) is 21.6 Å². The van der Waals surface area contributed by atoms with Crippen molar-refractivity contribution in [3.63, 3.8) is 0 Å². The number of hydrogen-bond donors (Lipinski definition) is 2. The van der Waals surface area contributed by atoms with Crippen LogP contribution in [0.25, 0.3) is 0 Å². The van der Waals surface area contributed by atoms with Gasteiger partial charge in [-0.1, -0.05) is 0 Å². The van der Waals surface area contributed by atoms with Crippen molar-refractivity contribution >= 4 is 27.7 Å². The van der Waals surface area contributed by atoms with E-state index in [1.165, 1.54) is 0 Å². The first-order valence-electron chi connectivity index (χ1n) is 5.65. The van der Waals surface area contributed by atoms with Crippen LogP contribution >= 0.6 is 15.9 Å². The molecule has 0 fully saturated rings. The molecule has 1 amide bonds. The van der Waals surface area contributed by atoms with Crippen LogP contribution in [-0.2, 0) is 13.6 Å². The molecule has 0 unspecified atom stereocenters. The zero-order chi connectivity index (χ0) is 14.0. The Labute approximate surface area is 119 Å². The maximum absolute atomic E-state index is 12.0. The molecule has 0 atom stereocenters. The molecule has 0 spiro atoms. The van der Waals surface area contributed by atoms with Crippen LogP contribution in [-0.4, -0.2) is 20.7 Å². The van der Waals surface area contributed by atoms with Crippen molar-refractivity contribution in [1.82, 2.24) is 20.1 Å². The van der Waals surface area contributed by atoms with Gasteiger partial charge in [-0.15, -0.1) is 0 Å². The van der Waals surface area contributed by atoms with Gasteiger partial charge >= 0.3 is 0 Å². The molecular formula is C12H14BrN5O. The van der Waals surface area contributed by atoms with Gasteiger partial charge in [0.15, 0.2) is 0 Å². The molecule has 100 valence electrons. The second-order valence-electron chi connectivity index (χ2n) is 4.15. The van der Waals surface area contributed by atoms with Crippen molar-refractivity contribution in [1.29, 1.82) is 0 Å². The Morgan fingerprint density at radius 1 is 1.53 bits per heavy atom. The molecule has 2 aromatic rings. The van der Waals surface area contributed by atoms with Crippen molar-refractivity contribution in [2.45, 2.75) is 13.5 Å². The predicted octanol–water partition coefficient (Wildman–Crippen LogP) is 1.40. The van der Waals surface area contributed by atoms with Gasteiger partial charge in [-0.2, -0.15) is 5.10 Å². The number of nitrogens with zero attached hydrogens (tertiary/aromatic N) is 3. The zero-order valence-corrected chi connectivity index (χ0v) is 12.2. The fourth-order valence-corrected chi connectivity index (χ4v) is 1.95. The minimum Gasteiger partial charge on any atom is -0.383 e. The standard InChI is InChI=1S/C12H14BrN5O/c1-7-8(5-17-18(7)2)4-16-12(19)10-3-9(13)6-15-11(10)14/h3,5-6H,4H2,1-2H3,(H2,14,15)(H,16,19). The van der Waals surface area contributed by atoms with Crippen molar-refractivity contribution < 1.29 is 4.79 Å². The molecular weight excluding hydrogens is 310 g/mol. The third-order valence-electron chi connectivity index (χ3n) is 2.91. The summed E-state index contributed by atoms with van der Waals surface area (Å²) in [7, 11) is 1.86. The molecule has 0 radical (unpaired) electrons. The van der Waals surface area contributed by atoms with Gasteiger partial charge in [0.25, 0.3) is 5.91 Å². The van der Waals surface area contributed by atoms with Crippen LogP contribution in [0.4, 0.5) is 5.82 Å². The summed E-state index contributed by atoms with van der Waals surface area (Å²) in [4.78, 5) is 16.0. The Bertz CT molecular complexity index is 623. The molecule has 0 aromatic carbocycles. The van der Waals surface area contributed by atoms with Crippen LogP contribution < -0.4 is 11.1 Å². The van der Waals surface area contributed by atoms with Gasteiger partial charge in [-0.25, -0.2) is 4.98 Å². The van der Waals surface area contributed by atoms with Gasteiger partial charge in [0.05, 0.1) is 11.8 Å². The molecule has 7 heteroatoms. The van der Waals surface area contributed by atoms with Crippen molar-refractivity contribution in [2.75, 3.05) is 5.73 Å². The van der Waals surface area contributed by atoms with E-state index in [9.17, 15) is 4.79 Å². The Morgan fingerprint density at radius 2 is 2.26 bits per heavy atom. The largest absolute Gasteiger partial charge is 0.383 e. The monoisotopic (exact) mass is 323 g/mol. The van der Waals surface area contributed by atoms with Gasteiger partial charge in [0, 0.05) is 35.5 Å². The highest BCUT2D eigenvalue weighted by Gasteiger charge is 2.12. The fourth-order valence-electron chi connectivity index (χ4n) is 1.62. The number of amides is 1. The van der Waals surface area contributed by atoms with E-state index >= 15 is 0 Å². The first kappa shape index (κ1) is 13.5. The van der Waals surface area contributed by atoms with Crippen LogP contribution in [0.3, 0.4) is 0 Å². The van der Waals surface area contributed by atoms with E-state index in [1.807, 2.05) is 14.0 Å². The number of carbonyl (C=O) groups is 1. The van der Waals surface area contributed by atoms with Crippen molar-refractivity contribution in [2.24, 2.45) is 7.05 Å². The molecule has 0 saturated carbocycles. The highest BCUT2D eigenvalue weighted by molar-refractivity contribution is 9.10. The number of aryl methyl sites for hydroxylation is 1. The third kappa shape index (κ3) is 2.93. The second kappa shape index (κ2) is 5.40. The van der Waals surface area contributed by atoms with Gasteiger partial charge in [-0.05, 0) is 28.9 Å². The number of aromatic nitrogens is 3. The molecule has 0 aliphatic rings. The molecule has 0 saturated heterocycles. The average Bonchev–Trinajstić information content (AvgIpc) is 2.70. The quantitative estimate of drug-likeness (QED) is 0.893. The Balaban J connectivity index is 2.09. The number of rotatable bonds is 3. The number of hydrogen-bond acceptors (Lipinski definition) is 4. The molecule has 0 bridgehead atoms. The first-order valence-corrected chi connectivity index (χ1v) is 6.45. The number of carbonyl (C=O) groups excluding carboxylic acids is 1. The topological polar surface area (TPSA) is 85.8 Å². The highest BCUT2D eigenvalue weighted by Crippen LogP contribution is 2.15. The lowest BCUT2D eigenvalue weighted by Gasteiger charge is -2.07.